The minimum atomic E-state index is 0.415. The van der Waals surface area contributed by atoms with E-state index in [4.69, 9.17) is 5.73 Å². The first-order chi connectivity index (χ1) is 6.61. The van der Waals surface area contributed by atoms with Crippen molar-refractivity contribution in [1.82, 2.24) is 14.8 Å². The van der Waals surface area contributed by atoms with Crippen LogP contribution in [0.2, 0.25) is 0 Å². The lowest BCUT2D eigenvalue weighted by Crippen LogP contribution is -1.93. The van der Waals surface area contributed by atoms with Gasteiger partial charge in [0, 0.05) is 13.2 Å². The van der Waals surface area contributed by atoms with E-state index in [2.05, 4.69) is 23.9 Å². The van der Waals surface area contributed by atoms with E-state index in [0.29, 0.717) is 11.7 Å². The third-order valence-corrected chi connectivity index (χ3v) is 2.44. The number of nitrogen functional groups attached to an aromatic ring is 1. The van der Waals surface area contributed by atoms with Crippen LogP contribution < -0.4 is 5.73 Å². The molecule has 0 saturated heterocycles. The van der Waals surface area contributed by atoms with Gasteiger partial charge in [-0.25, -0.2) is 0 Å². The minimum absolute atomic E-state index is 0.415. The Hall–Kier alpha value is -1.58. The van der Waals surface area contributed by atoms with Crippen molar-refractivity contribution in [2.75, 3.05) is 5.73 Å². The van der Waals surface area contributed by atoms with Crippen molar-refractivity contribution in [1.29, 1.82) is 0 Å². The maximum absolute atomic E-state index is 5.86. The van der Waals surface area contributed by atoms with Crippen molar-refractivity contribution >= 4 is 16.7 Å². The van der Waals surface area contributed by atoms with Gasteiger partial charge in [-0.3, -0.25) is 9.67 Å². The first-order valence-corrected chi connectivity index (χ1v) is 4.67. The monoisotopic (exact) mass is 190 g/mol. The Bertz CT molecular complexity index is 470. The molecule has 0 aliphatic rings. The maximum atomic E-state index is 5.86. The Kier molecular flexibility index (Phi) is 1.91. The van der Waals surface area contributed by atoms with Gasteiger partial charge in [0.15, 0.2) is 5.82 Å². The first-order valence-electron chi connectivity index (χ1n) is 4.67. The quantitative estimate of drug-likeness (QED) is 0.744. The number of rotatable bonds is 1. The smallest absolute Gasteiger partial charge is 0.153 e. The molecule has 0 aliphatic heterocycles. The number of pyridine rings is 1. The van der Waals surface area contributed by atoms with Crippen molar-refractivity contribution in [2.24, 2.45) is 7.05 Å². The van der Waals surface area contributed by atoms with Crippen LogP contribution in [0, 0.1) is 0 Å². The van der Waals surface area contributed by atoms with Crippen molar-refractivity contribution in [3.8, 4) is 0 Å². The van der Waals surface area contributed by atoms with Crippen LogP contribution in [-0.4, -0.2) is 14.8 Å². The zero-order valence-corrected chi connectivity index (χ0v) is 8.65. The molecule has 2 rings (SSSR count). The van der Waals surface area contributed by atoms with Gasteiger partial charge in [-0.2, -0.15) is 5.10 Å². The number of aromatic nitrogens is 3. The van der Waals surface area contributed by atoms with Gasteiger partial charge in [0.1, 0.15) is 0 Å². The van der Waals surface area contributed by atoms with E-state index >= 15 is 0 Å². The molecule has 0 amide bonds. The van der Waals surface area contributed by atoms with Crippen LogP contribution in [-0.2, 0) is 7.05 Å². The predicted molar refractivity (Wildman–Crippen MR) is 57.0 cm³/mol. The third kappa shape index (κ3) is 1.14. The average Bonchev–Trinajstić information content (AvgIpc) is 2.43. The van der Waals surface area contributed by atoms with Crippen LogP contribution in [0.15, 0.2) is 12.4 Å². The summed E-state index contributed by atoms with van der Waals surface area (Å²) in [5.41, 5.74) is 8.01. The molecular weight excluding hydrogens is 176 g/mol. The topological polar surface area (TPSA) is 56.7 Å². The minimum Gasteiger partial charge on any atom is -0.382 e. The van der Waals surface area contributed by atoms with E-state index in [0.717, 1.165) is 16.5 Å². The highest BCUT2D eigenvalue weighted by atomic mass is 15.3. The van der Waals surface area contributed by atoms with E-state index in [9.17, 15) is 0 Å². The largest absolute Gasteiger partial charge is 0.382 e. The lowest BCUT2D eigenvalue weighted by Gasteiger charge is -2.05. The lowest BCUT2D eigenvalue weighted by molar-refractivity contribution is 0.800. The highest BCUT2D eigenvalue weighted by Crippen LogP contribution is 2.27. The van der Waals surface area contributed by atoms with Gasteiger partial charge in [-0.15, -0.1) is 0 Å². The molecular formula is C10H14N4. The van der Waals surface area contributed by atoms with Gasteiger partial charge in [-0.1, -0.05) is 13.8 Å². The van der Waals surface area contributed by atoms with Crippen LogP contribution in [0.4, 0.5) is 5.82 Å². The number of hydrogen-bond donors (Lipinski definition) is 1. The molecule has 14 heavy (non-hydrogen) atoms. The summed E-state index contributed by atoms with van der Waals surface area (Å²) >= 11 is 0. The van der Waals surface area contributed by atoms with Gasteiger partial charge in [0.25, 0.3) is 0 Å². The summed E-state index contributed by atoms with van der Waals surface area (Å²) in [6.45, 7) is 4.26. The summed E-state index contributed by atoms with van der Waals surface area (Å²) in [7, 11) is 1.88. The summed E-state index contributed by atoms with van der Waals surface area (Å²) in [5, 5.41) is 5.23. The number of anilines is 1. The third-order valence-electron chi connectivity index (χ3n) is 2.44. The normalized spacial score (nSPS) is 11.4. The zero-order chi connectivity index (χ0) is 10.3. The van der Waals surface area contributed by atoms with Gasteiger partial charge >= 0.3 is 0 Å². The number of nitrogens with zero attached hydrogens (tertiary/aromatic N) is 3. The van der Waals surface area contributed by atoms with Gasteiger partial charge in [0.2, 0.25) is 0 Å². The molecule has 0 spiro atoms. The van der Waals surface area contributed by atoms with Crippen molar-refractivity contribution in [3.63, 3.8) is 0 Å². The highest BCUT2D eigenvalue weighted by molar-refractivity contribution is 5.91. The fourth-order valence-electron chi connectivity index (χ4n) is 1.69. The molecule has 0 bridgehead atoms. The molecule has 4 nitrogen and oxygen atoms in total. The second-order valence-corrected chi connectivity index (χ2v) is 3.79. The Morgan fingerprint density at radius 2 is 2.07 bits per heavy atom. The molecule has 0 atom stereocenters. The van der Waals surface area contributed by atoms with E-state index in [1.807, 2.05) is 13.2 Å². The van der Waals surface area contributed by atoms with Gasteiger partial charge in [0.05, 0.1) is 17.1 Å². The fraction of sp³-hybridized carbons (Fsp3) is 0.400. The SMILES string of the molecule is CC(C)c1cncc2c1c(N)nn2C. The predicted octanol–water partition coefficient (Wildman–Crippen LogP) is 1.67. The summed E-state index contributed by atoms with van der Waals surface area (Å²) in [4.78, 5) is 4.19. The molecule has 0 saturated carbocycles. The van der Waals surface area contributed by atoms with E-state index < -0.39 is 0 Å². The van der Waals surface area contributed by atoms with Crippen LogP contribution in [0.5, 0.6) is 0 Å². The summed E-state index contributed by atoms with van der Waals surface area (Å²) in [5.74, 6) is 1.01. The van der Waals surface area contributed by atoms with Gasteiger partial charge < -0.3 is 5.73 Å². The Labute approximate surface area is 82.7 Å². The molecule has 2 N–H and O–H groups in total. The summed E-state index contributed by atoms with van der Waals surface area (Å²) < 4.78 is 1.77. The zero-order valence-electron chi connectivity index (χ0n) is 8.65. The van der Waals surface area contributed by atoms with Crippen LogP contribution >= 0.6 is 0 Å². The molecule has 0 fully saturated rings. The second-order valence-electron chi connectivity index (χ2n) is 3.79. The lowest BCUT2D eigenvalue weighted by atomic mass is 10.0. The van der Waals surface area contributed by atoms with Crippen LogP contribution in [0.3, 0.4) is 0 Å². The summed E-state index contributed by atoms with van der Waals surface area (Å²) in [6, 6.07) is 0. The Morgan fingerprint density at radius 1 is 1.36 bits per heavy atom. The number of fused-ring (bicyclic) bond motifs is 1. The van der Waals surface area contributed by atoms with E-state index in [1.54, 1.807) is 10.9 Å². The molecule has 0 radical (unpaired) electrons. The highest BCUT2D eigenvalue weighted by Gasteiger charge is 2.12. The van der Waals surface area contributed by atoms with E-state index in [1.165, 1.54) is 0 Å². The van der Waals surface area contributed by atoms with Crippen molar-refractivity contribution in [3.05, 3.63) is 18.0 Å². The first kappa shape index (κ1) is 8.99. The van der Waals surface area contributed by atoms with Crippen LogP contribution in [0.1, 0.15) is 25.3 Å². The number of nitrogens with two attached hydrogens (primary N) is 1. The van der Waals surface area contributed by atoms with E-state index in [-0.39, 0.29) is 0 Å². The molecule has 2 aromatic rings. The number of aryl methyl sites for hydroxylation is 1. The molecule has 2 aromatic heterocycles. The maximum Gasteiger partial charge on any atom is 0.153 e. The molecule has 74 valence electrons. The fourth-order valence-corrected chi connectivity index (χ4v) is 1.69. The number of hydrogen-bond acceptors (Lipinski definition) is 3. The molecule has 0 aromatic carbocycles. The Morgan fingerprint density at radius 3 is 2.71 bits per heavy atom. The standard InChI is InChI=1S/C10H14N4/c1-6(2)7-4-12-5-8-9(7)10(11)13-14(8)3/h4-6H,1-3H3,(H2,11,13). The molecule has 2 heterocycles. The van der Waals surface area contributed by atoms with Crippen molar-refractivity contribution in [2.45, 2.75) is 19.8 Å². The van der Waals surface area contributed by atoms with Crippen LogP contribution in [0.25, 0.3) is 10.9 Å². The van der Waals surface area contributed by atoms with Gasteiger partial charge in [-0.05, 0) is 11.5 Å². The summed E-state index contributed by atoms with van der Waals surface area (Å²) in [6.07, 6.45) is 3.66. The molecule has 0 unspecified atom stereocenters. The average molecular weight is 190 g/mol. The molecule has 0 aliphatic carbocycles. The van der Waals surface area contributed by atoms with Crippen molar-refractivity contribution < 1.29 is 0 Å². The second kappa shape index (κ2) is 2.97. The molecule has 4 heteroatoms. The Balaban J connectivity index is 2.85.